The summed E-state index contributed by atoms with van der Waals surface area (Å²) >= 11 is 0. The number of ether oxygens (including phenoxy) is 3. The summed E-state index contributed by atoms with van der Waals surface area (Å²) in [6.07, 6.45) is 4.58. The number of allylic oxidation sites excluding steroid dienone is 1. The van der Waals surface area contributed by atoms with Crippen molar-refractivity contribution in [2.75, 3.05) is 67.1 Å². The number of hydrogen-bond donors (Lipinski definition) is 0. The van der Waals surface area contributed by atoms with Crippen LogP contribution >= 0.6 is 0 Å². The van der Waals surface area contributed by atoms with Crippen LogP contribution in [0.25, 0.3) is 0 Å². The summed E-state index contributed by atoms with van der Waals surface area (Å²) in [7, 11) is 1.12. The van der Waals surface area contributed by atoms with E-state index in [1.165, 1.54) is 12.0 Å². The Labute approximate surface area is 250 Å². The van der Waals surface area contributed by atoms with Crippen molar-refractivity contribution < 1.29 is 27.4 Å². The fourth-order valence-electron chi connectivity index (χ4n) is 6.71. The normalized spacial score (nSPS) is 22.1. The average Bonchev–Trinajstić information content (AvgIpc) is 3.02. The fourth-order valence-corrected chi connectivity index (χ4v) is 8.16. The van der Waals surface area contributed by atoms with E-state index >= 15 is 0 Å². The fraction of sp³-hybridized carbons (Fsp3) is 0.531. The van der Waals surface area contributed by atoms with Gasteiger partial charge in [0.1, 0.15) is 0 Å². The number of rotatable bonds is 11. The summed E-state index contributed by atoms with van der Waals surface area (Å²) in [5.41, 5.74) is 2.07. The number of methoxy groups -OCH3 is 3. The lowest BCUT2D eigenvalue weighted by Crippen LogP contribution is -2.52. The van der Waals surface area contributed by atoms with Crippen LogP contribution in [-0.4, -0.2) is 95.6 Å². The first-order chi connectivity index (χ1) is 20.1. The Morgan fingerprint density at radius 2 is 1.62 bits per heavy atom. The Kier molecular flexibility index (Phi) is 8.87. The first-order valence-electron chi connectivity index (χ1n) is 14.7. The van der Waals surface area contributed by atoms with E-state index in [0.717, 1.165) is 6.42 Å². The minimum Gasteiger partial charge on any atom is -0.493 e. The average molecular weight is 598 g/mol. The predicted molar refractivity (Wildman–Crippen MR) is 162 cm³/mol. The molecule has 2 aromatic carbocycles. The van der Waals surface area contributed by atoms with E-state index in [4.69, 9.17) is 14.2 Å². The molecule has 2 aromatic rings. The summed E-state index contributed by atoms with van der Waals surface area (Å²) in [5.74, 6) is 2.43. The molecule has 0 radical (unpaired) electrons. The van der Waals surface area contributed by atoms with E-state index in [2.05, 4.69) is 24.8 Å². The molecule has 1 saturated carbocycles. The van der Waals surface area contributed by atoms with Gasteiger partial charge < -0.3 is 19.1 Å². The summed E-state index contributed by atoms with van der Waals surface area (Å²) in [6, 6.07) is 12.0. The maximum atomic E-state index is 14.1. The second kappa shape index (κ2) is 12.3. The van der Waals surface area contributed by atoms with E-state index in [1.54, 1.807) is 62.0 Å². The van der Waals surface area contributed by atoms with E-state index in [9.17, 15) is 13.2 Å². The monoisotopic (exact) mass is 597 g/mol. The molecule has 4 aliphatic rings. The molecule has 1 heterocycles. The highest BCUT2D eigenvalue weighted by Crippen LogP contribution is 2.59. The van der Waals surface area contributed by atoms with Crippen LogP contribution in [-0.2, 0) is 10.0 Å². The van der Waals surface area contributed by atoms with Gasteiger partial charge in [-0.3, -0.25) is 9.69 Å². The van der Waals surface area contributed by atoms with Crippen molar-refractivity contribution in [1.29, 1.82) is 0 Å². The molecule has 1 saturated heterocycles. The zero-order chi connectivity index (χ0) is 30.1. The Morgan fingerprint density at radius 3 is 2.17 bits per heavy atom. The molecule has 228 valence electrons. The van der Waals surface area contributed by atoms with Gasteiger partial charge in [0, 0.05) is 51.4 Å². The topological polar surface area (TPSA) is 88.6 Å². The van der Waals surface area contributed by atoms with Crippen molar-refractivity contribution in [1.82, 2.24) is 14.1 Å². The van der Waals surface area contributed by atoms with Gasteiger partial charge in [-0.1, -0.05) is 43.7 Å². The highest BCUT2D eigenvalue weighted by atomic mass is 32.2. The van der Waals surface area contributed by atoms with Gasteiger partial charge in [-0.2, -0.15) is 4.31 Å². The lowest BCUT2D eigenvalue weighted by atomic mass is 9.49. The van der Waals surface area contributed by atoms with Crippen LogP contribution in [0.3, 0.4) is 0 Å². The molecule has 2 atom stereocenters. The largest absolute Gasteiger partial charge is 0.493 e. The van der Waals surface area contributed by atoms with Gasteiger partial charge in [-0.15, -0.1) is 0 Å². The molecule has 0 aromatic heterocycles. The third-order valence-electron chi connectivity index (χ3n) is 9.55. The molecule has 6 rings (SSSR count). The van der Waals surface area contributed by atoms with Gasteiger partial charge in [-0.25, -0.2) is 8.42 Å². The second-order valence-electron chi connectivity index (χ2n) is 12.0. The molecule has 42 heavy (non-hydrogen) atoms. The lowest BCUT2D eigenvalue weighted by Gasteiger charge is -2.57. The van der Waals surface area contributed by atoms with Gasteiger partial charge in [0.05, 0.1) is 26.2 Å². The second-order valence-corrected chi connectivity index (χ2v) is 14.0. The number of nitrogens with zero attached hydrogens (tertiary/aromatic N) is 3. The zero-order valence-corrected chi connectivity index (χ0v) is 26.2. The van der Waals surface area contributed by atoms with E-state index in [1.807, 2.05) is 11.0 Å². The minimum atomic E-state index is -3.52. The van der Waals surface area contributed by atoms with Gasteiger partial charge >= 0.3 is 0 Å². The molecule has 0 N–H and O–H groups in total. The quantitative estimate of drug-likeness (QED) is 0.360. The minimum absolute atomic E-state index is 0.0975. The maximum Gasteiger partial charge on any atom is 0.254 e. The van der Waals surface area contributed by atoms with Crippen molar-refractivity contribution in [3.8, 4) is 17.2 Å². The van der Waals surface area contributed by atoms with Gasteiger partial charge in [0.2, 0.25) is 15.8 Å². The molecule has 1 aliphatic heterocycles. The van der Waals surface area contributed by atoms with Crippen LogP contribution in [0.5, 0.6) is 17.2 Å². The molecule has 2 unspecified atom stereocenters. The van der Waals surface area contributed by atoms with Crippen molar-refractivity contribution >= 4 is 15.9 Å². The van der Waals surface area contributed by atoms with Crippen molar-refractivity contribution in [3.05, 3.63) is 59.7 Å². The van der Waals surface area contributed by atoms with E-state index in [-0.39, 0.29) is 11.3 Å². The van der Waals surface area contributed by atoms with E-state index in [0.29, 0.717) is 85.4 Å². The molecule has 9 nitrogen and oxygen atoms in total. The first kappa shape index (κ1) is 30.4. The number of hydrogen-bond acceptors (Lipinski definition) is 7. The van der Waals surface area contributed by atoms with Crippen LogP contribution in [0.4, 0.5) is 0 Å². The SMILES string of the molecule is COc1cc(C(=O)N(CCN2CCN(S(=O)(=O)c3ccccc3)CC2)CC2=CCC3CC2C3(C)C)cc(OC)c1OC. The Hall–Kier alpha value is -3.08. The zero-order valence-electron chi connectivity index (χ0n) is 25.3. The molecule has 2 fully saturated rings. The molecular weight excluding hydrogens is 554 g/mol. The summed E-state index contributed by atoms with van der Waals surface area (Å²) in [5, 5.41) is 0. The smallest absolute Gasteiger partial charge is 0.254 e. The molecular formula is C32H43N3O6S. The summed E-state index contributed by atoms with van der Waals surface area (Å²) in [4.78, 5) is 18.6. The third-order valence-corrected chi connectivity index (χ3v) is 11.5. The van der Waals surface area contributed by atoms with Gasteiger partial charge in [-0.05, 0) is 54.4 Å². The summed E-state index contributed by atoms with van der Waals surface area (Å²) < 4.78 is 44.2. The molecule has 1 amide bonds. The van der Waals surface area contributed by atoms with Gasteiger partial charge in [0.25, 0.3) is 5.91 Å². The Bertz CT molecular complexity index is 1390. The number of benzene rings is 2. The van der Waals surface area contributed by atoms with Crippen LogP contribution in [0.15, 0.2) is 59.0 Å². The van der Waals surface area contributed by atoms with E-state index < -0.39 is 10.0 Å². The third kappa shape index (κ3) is 5.76. The number of piperazine rings is 1. The highest BCUT2D eigenvalue weighted by Gasteiger charge is 2.51. The number of amides is 1. The molecule has 10 heteroatoms. The molecule has 3 aliphatic carbocycles. The van der Waals surface area contributed by atoms with Crippen molar-refractivity contribution in [2.24, 2.45) is 17.3 Å². The molecule has 0 spiro atoms. The maximum absolute atomic E-state index is 14.1. The van der Waals surface area contributed by atoms with Crippen LogP contribution in [0.1, 0.15) is 37.0 Å². The van der Waals surface area contributed by atoms with Gasteiger partial charge in [0.15, 0.2) is 11.5 Å². The van der Waals surface area contributed by atoms with Crippen LogP contribution in [0.2, 0.25) is 0 Å². The number of carbonyl (C=O) groups is 1. The standard InChI is InChI=1S/C32H43N3O6S/c1-32(2)25-12-11-23(27(32)21-25)22-34(31(36)24-19-28(39-3)30(41-5)29(20-24)40-4)16-13-33-14-17-35(18-15-33)42(37,38)26-9-7-6-8-10-26/h6-11,19-20,25,27H,12-18,21-22H2,1-5H3. The highest BCUT2D eigenvalue weighted by molar-refractivity contribution is 7.89. The van der Waals surface area contributed by atoms with Crippen LogP contribution in [0, 0.1) is 17.3 Å². The number of sulfonamides is 1. The number of fused-ring (bicyclic) bond motifs is 1. The molecule has 2 bridgehead atoms. The van der Waals surface area contributed by atoms with Crippen molar-refractivity contribution in [3.63, 3.8) is 0 Å². The summed E-state index contributed by atoms with van der Waals surface area (Å²) in [6.45, 7) is 8.48. The first-order valence-corrected chi connectivity index (χ1v) is 16.1. The Balaban J connectivity index is 1.31. The predicted octanol–water partition coefficient (Wildman–Crippen LogP) is 4.15. The van der Waals surface area contributed by atoms with Crippen molar-refractivity contribution in [2.45, 2.75) is 31.6 Å². The number of carbonyl (C=O) groups excluding carboxylic acids is 1. The Morgan fingerprint density at radius 1 is 0.976 bits per heavy atom. The van der Waals surface area contributed by atoms with Crippen LogP contribution < -0.4 is 14.2 Å². The lowest BCUT2D eigenvalue weighted by molar-refractivity contribution is -0.0105.